The zero-order chi connectivity index (χ0) is 21.5. The zero-order valence-corrected chi connectivity index (χ0v) is 17.5. The Morgan fingerprint density at radius 3 is 2.53 bits per heavy atom. The molecule has 1 saturated heterocycles. The highest BCUT2D eigenvalue weighted by molar-refractivity contribution is 8.03. The van der Waals surface area contributed by atoms with Gasteiger partial charge in [-0.15, -0.1) is 11.8 Å². The number of halogens is 1. The molecule has 2 aliphatic rings. The van der Waals surface area contributed by atoms with E-state index in [2.05, 4.69) is 6.07 Å². The fourth-order valence-corrected chi connectivity index (χ4v) is 5.29. The first-order chi connectivity index (χ1) is 14.4. The van der Waals surface area contributed by atoms with Crippen LogP contribution in [0.5, 0.6) is 0 Å². The van der Waals surface area contributed by atoms with Crippen molar-refractivity contribution in [3.63, 3.8) is 0 Å². The van der Waals surface area contributed by atoms with Crippen molar-refractivity contribution in [1.29, 1.82) is 5.26 Å². The topological polar surface area (TPSA) is 90.6 Å². The second-order valence-electron chi connectivity index (χ2n) is 7.04. The average molecular weight is 441 g/mol. The number of benzene rings is 2. The fraction of sp³-hybridized carbons (Fsp3) is 0.227. The third-order valence-electron chi connectivity index (χ3n) is 5.35. The van der Waals surface area contributed by atoms with Gasteiger partial charge in [0.1, 0.15) is 0 Å². The summed E-state index contributed by atoms with van der Waals surface area (Å²) in [6.45, 7) is 0. The van der Waals surface area contributed by atoms with Gasteiger partial charge in [0.25, 0.3) is 0 Å². The number of allylic oxidation sites excluding steroid dienone is 1. The van der Waals surface area contributed by atoms with Crippen LogP contribution in [0.1, 0.15) is 33.8 Å². The van der Waals surface area contributed by atoms with Crippen LogP contribution < -0.4 is 0 Å². The predicted molar refractivity (Wildman–Crippen MR) is 112 cm³/mol. The number of methoxy groups -OCH3 is 1. The van der Waals surface area contributed by atoms with E-state index in [1.807, 2.05) is 0 Å². The van der Waals surface area contributed by atoms with Crippen LogP contribution in [-0.4, -0.2) is 34.7 Å². The number of carbonyl (C=O) groups is 2. The van der Waals surface area contributed by atoms with Gasteiger partial charge < -0.3 is 9.84 Å². The Morgan fingerprint density at radius 1 is 1.27 bits per heavy atom. The van der Waals surface area contributed by atoms with Crippen LogP contribution in [0.3, 0.4) is 0 Å². The molecule has 0 aromatic heterocycles. The molecule has 0 radical (unpaired) electrons. The third-order valence-corrected chi connectivity index (χ3v) is 6.83. The molecule has 4 rings (SSSR count). The van der Waals surface area contributed by atoms with Gasteiger partial charge in [0.2, 0.25) is 5.91 Å². The summed E-state index contributed by atoms with van der Waals surface area (Å²) in [5, 5.41) is 22.2. The van der Waals surface area contributed by atoms with Crippen molar-refractivity contribution in [1.82, 2.24) is 4.90 Å². The van der Waals surface area contributed by atoms with Crippen LogP contribution in [0.15, 0.2) is 59.1 Å². The summed E-state index contributed by atoms with van der Waals surface area (Å²) < 4.78 is 4.71. The first-order valence-electron chi connectivity index (χ1n) is 9.16. The Kier molecular flexibility index (Phi) is 5.33. The number of carbonyl (C=O) groups excluding carboxylic acids is 2. The summed E-state index contributed by atoms with van der Waals surface area (Å²) in [6, 6.07) is 15.6. The lowest BCUT2D eigenvalue weighted by atomic mass is 9.85. The van der Waals surface area contributed by atoms with Crippen LogP contribution >= 0.6 is 23.4 Å². The van der Waals surface area contributed by atoms with E-state index in [4.69, 9.17) is 16.3 Å². The second kappa shape index (κ2) is 7.80. The molecule has 152 valence electrons. The summed E-state index contributed by atoms with van der Waals surface area (Å²) in [6.07, 6.45) is 0.0421. The zero-order valence-electron chi connectivity index (χ0n) is 16.0. The number of hydrogen-bond donors (Lipinski definition) is 1. The number of nitrogens with zero attached hydrogens (tertiary/aromatic N) is 2. The van der Waals surface area contributed by atoms with Gasteiger partial charge in [-0.2, -0.15) is 5.26 Å². The van der Waals surface area contributed by atoms with E-state index in [9.17, 15) is 20.0 Å². The summed E-state index contributed by atoms with van der Waals surface area (Å²) in [5.74, 6) is -0.950. The molecular formula is C22H17ClN2O4S. The summed E-state index contributed by atoms with van der Waals surface area (Å²) in [5.41, 5.74) is 0.575. The Hall–Kier alpha value is -2.79. The number of nitriles is 1. The maximum absolute atomic E-state index is 13.1. The van der Waals surface area contributed by atoms with Gasteiger partial charge in [-0.1, -0.05) is 35.9 Å². The Labute approximate surface area is 182 Å². The van der Waals surface area contributed by atoms with Crippen LogP contribution in [0.2, 0.25) is 5.02 Å². The van der Waals surface area contributed by atoms with Crippen molar-refractivity contribution < 1.29 is 19.4 Å². The fourth-order valence-electron chi connectivity index (χ4n) is 3.81. The summed E-state index contributed by atoms with van der Waals surface area (Å²) in [7, 11) is 1.31. The van der Waals surface area contributed by atoms with E-state index in [1.54, 1.807) is 48.5 Å². The average Bonchev–Trinajstić information content (AvgIpc) is 3.12. The van der Waals surface area contributed by atoms with Gasteiger partial charge in [0, 0.05) is 22.9 Å². The minimum absolute atomic E-state index is 0.0421. The van der Waals surface area contributed by atoms with E-state index >= 15 is 0 Å². The Bertz CT molecular complexity index is 1090. The van der Waals surface area contributed by atoms with Crippen LogP contribution in [-0.2, 0) is 15.3 Å². The van der Waals surface area contributed by atoms with Crippen LogP contribution in [0.25, 0.3) is 0 Å². The highest BCUT2D eigenvalue weighted by atomic mass is 35.5. The minimum Gasteiger partial charge on any atom is -0.465 e. The van der Waals surface area contributed by atoms with Gasteiger partial charge in [-0.3, -0.25) is 9.69 Å². The molecular weight excluding hydrogens is 424 g/mol. The van der Waals surface area contributed by atoms with Crippen molar-refractivity contribution in [2.75, 3.05) is 12.9 Å². The molecule has 1 fully saturated rings. The highest BCUT2D eigenvalue weighted by Crippen LogP contribution is 2.51. The van der Waals surface area contributed by atoms with E-state index in [-0.39, 0.29) is 18.1 Å². The number of aliphatic hydroxyl groups is 1. The highest BCUT2D eigenvalue weighted by Gasteiger charge is 2.51. The third kappa shape index (κ3) is 3.27. The van der Waals surface area contributed by atoms with Crippen molar-refractivity contribution in [3.05, 3.63) is 80.8 Å². The normalized spacial score (nSPS) is 23.2. The van der Waals surface area contributed by atoms with Gasteiger partial charge in [0.15, 0.2) is 5.72 Å². The Balaban J connectivity index is 1.73. The molecule has 1 amide bonds. The molecule has 0 aliphatic carbocycles. The molecule has 8 heteroatoms. The van der Waals surface area contributed by atoms with Crippen LogP contribution in [0, 0.1) is 11.3 Å². The molecule has 0 saturated carbocycles. The molecule has 2 heterocycles. The molecule has 6 nitrogen and oxygen atoms in total. The maximum atomic E-state index is 13.1. The first kappa shape index (κ1) is 20.5. The molecule has 2 aromatic rings. The van der Waals surface area contributed by atoms with Gasteiger partial charge in [-0.25, -0.2) is 4.79 Å². The predicted octanol–water partition coefficient (Wildman–Crippen LogP) is 3.77. The van der Waals surface area contributed by atoms with E-state index < -0.39 is 17.6 Å². The molecule has 1 N–H and O–H groups in total. The number of hydrogen-bond acceptors (Lipinski definition) is 6. The van der Waals surface area contributed by atoms with Gasteiger partial charge in [0.05, 0.1) is 35.1 Å². The van der Waals surface area contributed by atoms with Crippen molar-refractivity contribution in [2.45, 2.75) is 18.1 Å². The Morgan fingerprint density at radius 2 is 1.93 bits per heavy atom. The standard InChI is InChI=1S/C22H17ClN2O4S/c1-29-21(27)14-4-2-13(3-5-14)17-10-19(26)25-20(18(17)11-24)30-12-22(25,28)15-6-8-16(23)9-7-15/h2-9,17,28H,10,12H2,1H3/t17-,22-/m1/s1. The van der Waals surface area contributed by atoms with Gasteiger partial charge in [-0.05, 0) is 29.8 Å². The lowest BCUT2D eigenvalue weighted by Crippen LogP contribution is -2.48. The summed E-state index contributed by atoms with van der Waals surface area (Å²) in [4.78, 5) is 26.1. The smallest absolute Gasteiger partial charge is 0.337 e. The number of rotatable bonds is 3. The largest absolute Gasteiger partial charge is 0.465 e. The minimum atomic E-state index is -1.54. The lowest BCUT2D eigenvalue weighted by molar-refractivity contribution is -0.149. The van der Waals surface area contributed by atoms with Crippen molar-refractivity contribution in [3.8, 4) is 6.07 Å². The number of esters is 1. The number of fused-ring (bicyclic) bond motifs is 1. The first-order valence-corrected chi connectivity index (χ1v) is 10.5. The van der Waals surface area contributed by atoms with E-state index in [1.165, 1.54) is 23.8 Å². The summed E-state index contributed by atoms with van der Waals surface area (Å²) >= 11 is 7.24. The lowest BCUT2D eigenvalue weighted by Gasteiger charge is -2.38. The monoisotopic (exact) mass is 440 g/mol. The van der Waals surface area contributed by atoms with E-state index in [0.717, 1.165) is 5.56 Å². The number of ether oxygens (including phenoxy) is 1. The maximum Gasteiger partial charge on any atom is 0.337 e. The molecule has 2 atom stereocenters. The second-order valence-corrected chi connectivity index (χ2v) is 8.44. The van der Waals surface area contributed by atoms with E-state index in [0.29, 0.717) is 26.8 Å². The molecule has 0 bridgehead atoms. The SMILES string of the molecule is COC(=O)c1ccc([C@H]2CC(=O)N3C(=C2C#N)SC[C@@]3(O)c2ccc(Cl)cc2)cc1. The van der Waals surface area contributed by atoms with Gasteiger partial charge >= 0.3 is 5.97 Å². The molecule has 2 aliphatic heterocycles. The number of amides is 1. The molecule has 0 spiro atoms. The van der Waals surface area contributed by atoms with Crippen molar-refractivity contribution in [2.24, 2.45) is 0 Å². The molecule has 2 aromatic carbocycles. The quantitative estimate of drug-likeness (QED) is 0.730. The molecule has 30 heavy (non-hydrogen) atoms. The number of thioether (sulfide) groups is 1. The van der Waals surface area contributed by atoms with Crippen molar-refractivity contribution >= 4 is 35.2 Å². The van der Waals surface area contributed by atoms with Crippen LogP contribution in [0.4, 0.5) is 0 Å². The molecule has 0 unspecified atom stereocenters.